The van der Waals surface area contributed by atoms with Crippen LogP contribution in [0.3, 0.4) is 0 Å². The number of hydrogen-bond donors (Lipinski definition) is 0. The first-order valence-electron chi connectivity index (χ1n) is 27.3. The second-order valence-corrected chi connectivity index (χ2v) is 21.9. The van der Waals surface area contributed by atoms with E-state index in [1.165, 1.54) is 94.2 Å². The fourth-order valence-corrected chi connectivity index (χ4v) is 14.4. The molecule has 2 nitrogen and oxygen atoms in total. The van der Waals surface area contributed by atoms with Crippen LogP contribution in [0.25, 0.3) is 94.3 Å². The van der Waals surface area contributed by atoms with Gasteiger partial charge in [0.15, 0.2) is 0 Å². The Balaban J connectivity index is 1.06. The Morgan fingerprint density at radius 3 is 1.51 bits per heavy atom. The van der Waals surface area contributed by atoms with Gasteiger partial charge >= 0.3 is 0 Å². The molecule has 13 aromatic rings. The fraction of sp³-hybridized carbons (Fsp3) is 0.0526. The molecule has 0 bridgehead atoms. The Hall–Kier alpha value is -9.76. The van der Waals surface area contributed by atoms with Crippen LogP contribution < -0.4 is 4.90 Å². The number of para-hydroxylation sites is 4. The lowest BCUT2D eigenvalue weighted by Gasteiger charge is -2.33. The summed E-state index contributed by atoms with van der Waals surface area (Å²) in [6, 6.07) is 105. The van der Waals surface area contributed by atoms with Crippen molar-refractivity contribution in [3.05, 3.63) is 312 Å². The lowest BCUT2D eigenvalue weighted by Crippen LogP contribution is -2.26. The summed E-state index contributed by atoms with van der Waals surface area (Å²) in [4.78, 5) is 2.56. The van der Waals surface area contributed by atoms with Crippen molar-refractivity contribution in [3.63, 3.8) is 0 Å². The SMILES string of the molecule is CC1(C)c2ccccc2-c2c3c(cc(-c4cc(-c5ccccc5)cc(N(c5ccccc5-c5ccccc5)c5cccc6c7ccccc7n(-c7ccccc7)c56)c4)c21)C1(c2ccccc2-c2ccccc21)c1ccccc1-3. The Labute approximate surface area is 455 Å². The quantitative estimate of drug-likeness (QED) is 0.154. The van der Waals surface area contributed by atoms with Gasteiger partial charge in [0.05, 0.1) is 27.8 Å². The van der Waals surface area contributed by atoms with E-state index in [0.29, 0.717) is 0 Å². The number of anilines is 3. The van der Waals surface area contributed by atoms with Crippen LogP contribution in [-0.4, -0.2) is 4.57 Å². The molecule has 16 rings (SSSR count). The van der Waals surface area contributed by atoms with Gasteiger partial charge in [-0.05, 0) is 149 Å². The predicted molar refractivity (Wildman–Crippen MR) is 326 cm³/mol. The number of hydrogen-bond acceptors (Lipinski definition) is 1. The zero-order chi connectivity index (χ0) is 51.7. The maximum absolute atomic E-state index is 2.64. The summed E-state index contributed by atoms with van der Waals surface area (Å²) in [5.74, 6) is 0. The highest BCUT2D eigenvalue weighted by Crippen LogP contribution is 2.68. The topological polar surface area (TPSA) is 8.17 Å². The van der Waals surface area contributed by atoms with E-state index >= 15 is 0 Å². The van der Waals surface area contributed by atoms with Gasteiger partial charge < -0.3 is 9.47 Å². The van der Waals surface area contributed by atoms with E-state index in [9.17, 15) is 0 Å². The summed E-state index contributed by atoms with van der Waals surface area (Å²) in [5, 5.41) is 2.42. The van der Waals surface area contributed by atoms with Crippen LogP contribution in [0.5, 0.6) is 0 Å². The molecule has 366 valence electrons. The fourth-order valence-electron chi connectivity index (χ4n) is 14.4. The van der Waals surface area contributed by atoms with E-state index in [4.69, 9.17) is 0 Å². The Kier molecular flexibility index (Phi) is 9.63. The lowest BCUT2D eigenvalue weighted by molar-refractivity contribution is 0.661. The standard InChI is InChI=1S/C76H52N2/c1-75(2)63-38-18-14-35-60(63)72-71-61-36-15-21-41-66(61)76(64-39-19-12-32-56(64)57-33-13-20-40-65(57)76)67(71)48-62(73(72)75)52-45-51(49-25-6-3-7-26-49)46-54(47-52)77(68-42-22-16-31-55(68)50-27-8-4-9-28-50)70-44-24-37-59-58-34-17-23-43-69(58)78(74(59)70)53-29-10-5-11-30-53/h3-48H,1-2H3. The van der Waals surface area contributed by atoms with E-state index in [1.807, 2.05) is 0 Å². The van der Waals surface area contributed by atoms with Gasteiger partial charge in [-0.1, -0.05) is 238 Å². The molecule has 0 saturated heterocycles. The van der Waals surface area contributed by atoms with Gasteiger partial charge in [0, 0.05) is 33.1 Å². The smallest absolute Gasteiger partial charge is 0.0782 e. The summed E-state index contributed by atoms with van der Waals surface area (Å²) in [5.41, 5.74) is 28.9. The van der Waals surface area contributed by atoms with Crippen molar-refractivity contribution in [3.8, 4) is 72.4 Å². The Bertz CT molecular complexity index is 4530. The molecule has 0 amide bonds. The first-order chi connectivity index (χ1) is 38.5. The molecule has 0 unspecified atom stereocenters. The average molecular weight is 993 g/mol. The van der Waals surface area contributed by atoms with E-state index in [0.717, 1.165) is 50.5 Å². The van der Waals surface area contributed by atoms with Gasteiger partial charge in [0.2, 0.25) is 0 Å². The van der Waals surface area contributed by atoms with Crippen LogP contribution >= 0.6 is 0 Å². The van der Waals surface area contributed by atoms with Gasteiger partial charge in [0.25, 0.3) is 0 Å². The minimum Gasteiger partial charge on any atom is -0.308 e. The molecular weight excluding hydrogens is 941 g/mol. The van der Waals surface area contributed by atoms with E-state index in [2.05, 4.69) is 302 Å². The number of fused-ring (bicyclic) bond motifs is 17. The van der Waals surface area contributed by atoms with Crippen LogP contribution in [0.4, 0.5) is 17.1 Å². The highest BCUT2D eigenvalue weighted by Gasteiger charge is 2.54. The van der Waals surface area contributed by atoms with Crippen molar-refractivity contribution in [1.29, 1.82) is 0 Å². The van der Waals surface area contributed by atoms with Gasteiger partial charge in [-0.3, -0.25) is 0 Å². The minimum absolute atomic E-state index is 0.336. The van der Waals surface area contributed by atoms with Gasteiger partial charge in [-0.2, -0.15) is 0 Å². The van der Waals surface area contributed by atoms with Crippen LogP contribution in [0, 0.1) is 0 Å². The molecule has 1 heterocycles. The van der Waals surface area contributed by atoms with Crippen molar-refractivity contribution in [2.75, 3.05) is 4.90 Å². The summed E-state index contributed by atoms with van der Waals surface area (Å²) >= 11 is 0. The Morgan fingerprint density at radius 1 is 0.321 bits per heavy atom. The number of aromatic nitrogens is 1. The lowest BCUT2D eigenvalue weighted by atomic mass is 9.69. The third kappa shape index (κ3) is 6.14. The van der Waals surface area contributed by atoms with Crippen LogP contribution in [0.1, 0.15) is 47.2 Å². The predicted octanol–water partition coefficient (Wildman–Crippen LogP) is 19.9. The molecule has 2 heteroatoms. The number of rotatable bonds is 7. The molecule has 0 radical (unpaired) electrons. The van der Waals surface area contributed by atoms with Crippen LogP contribution in [0.2, 0.25) is 0 Å². The molecule has 1 aromatic heterocycles. The molecule has 0 atom stereocenters. The normalized spacial score (nSPS) is 13.7. The maximum Gasteiger partial charge on any atom is 0.0782 e. The molecular formula is C76H52N2. The average Bonchev–Trinajstić information content (AvgIpc) is 3.13. The molecule has 0 fully saturated rings. The van der Waals surface area contributed by atoms with Crippen molar-refractivity contribution in [1.82, 2.24) is 4.57 Å². The third-order valence-corrected chi connectivity index (χ3v) is 17.5. The molecule has 0 aliphatic heterocycles. The Morgan fingerprint density at radius 2 is 0.821 bits per heavy atom. The number of benzene rings is 12. The van der Waals surface area contributed by atoms with Gasteiger partial charge in [-0.25, -0.2) is 0 Å². The highest BCUT2D eigenvalue weighted by molar-refractivity contribution is 6.15. The third-order valence-electron chi connectivity index (χ3n) is 17.5. The molecule has 1 spiro atoms. The van der Waals surface area contributed by atoms with Crippen molar-refractivity contribution < 1.29 is 0 Å². The maximum atomic E-state index is 2.64. The molecule has 3 aliphatic carbocycles. The highest BCUT2D eigenvalue weighted by atomic mass is 15.2. The summed E-state index contributed by atoms with van der Waals surface area (Å²) in [6.45, 7) is 4.91. The first kappa shape index (κ1) is 44.5. The van der Waals surface area contributed by atoms with Gasteiger partial charge in [-0.15, -0.1) is 0 Å². The van der Waals surface area contributed by atoms with E-state index in [1.54, 1.807) is 0 Å². The summed E-state index contributed by atoms with van der Waals surface area (Å²) in [7, 11) is 0. The van der Waals surface area contributed by atoms with Crippen molar-refractivity contribution in [2.24, 2.45) is 0 Å². The monoisotopic (exact) mass is 992 g/mol. The van der Waals surface area contributed by atoms with Crippen LogP contribution in [0.15, 0.2) is 279 Å². The molecule has 0 N–H and O–H groups in total. The first-order valence-corrected chi connectivity index (χ1v) is 27.3. The van der Waals surface area contributed by atoms with E-state index in [-0.39, 0.29) is 5.41 Å². The molecule has 0 saturated carbocycles. The summed E-state index contributed by atoms with van der Waals surface area (Å²) < 4.78 is 2.47. The van der Waals surface area contributed by atoms with Crippen molar-refractivity contribution in [2.45, 2.75) is 24.7 Å². The van der Waals surface area contributed by atoms with E-state index < -0.39 is 5.41 Å². The largest absolute Gasteiger partial charge is 0.308 e. The number of nitrogens with zero attached hydrogens (tertiary/aromatic N) is 2. The molecule has 78 heavy (non-hydrogen) atoms. The zero-order valence-electron chi connectivity index (χ0n) is 43.5. The van der Waals surface area contributed by atoms with Gasteiger partial charge in [0.1, 0.15) is 0 Å². The molecule has 3 aliphatic rings. The van der Waals surface area contributed by atoms with Crippen LogP contribution in [-0.2, 0) is 10.8 Å². The minimum atomic E-state index is -0.536. The zero-order valence-corrected chi connectivity index (χ0v) is 43.5. The molecule has 12 aromatic carbocycles. The second-order valence-electron chi connectivity index (χ2n) is 21.9. The second kappa shape index (κ2) is 16.9. The summed E-state index contributed by atoms with van der Waals surface area (Å²) in [6.07, 6.45) is 0. The van der Waals surface area contributed by atoms with Crippen molar-refractivity contribution >= 4 is 38.9 Å².